The Hall–Kier alpha value is -3.87. The lowest BCUT2D eigenvalue weighted by Crippen LogP contribution is -2.02. The number of Topliss-reactive ketones (excluding diaryl/α,β-unsaturated/α-hetero) is 1. The Bertz CT molecular complexity index is 905. The molecule has 0 unspecified atom stereocenters. The molecule has 0 aliphatic carbocycles. The summed E-state index contributed by atoms with van der Waals surface area (Å²) in [6.45, 7) is 0. The zero-order chi connectivity index (χ0) is 20.7. The maximum absolute atomic E-state index is 12.0. The molecule has 0 amide bonds. The highest BCUT2D eigenvalue weighted by Crippen LogP contribution is 2.33. The minimum atomic E-state index is -0.446. The zero-order valence-electron chi connectivity index (χ0n) is 14.8. The maximum atomic E-state index is 12.0. The fourth-order valence-electron chi connectivity index (χ4n) is 2.39. The lowest BCUT2D eigenvalue weighted by molar-refractivity contribution is 0.0977. The van der Waals surface area contributed by atoms with Crippen molar-refractivity contribution in [2.45, 2.75) is 12.8 Å². The summed E-state index contributed by atoms with van der Waals surface area (Å²) in [6.07, 6.45) is 0.509. The molecule has 0 radical (unpaired) electrons. The van der Waals surface area contributed by atoms with Gasteiger partial charge in [0.1, 0.15) is 28.6 Å². The van der Waals surface area contributed by atoms with Gasteiger partial charge in [-0.15, -0.1) is 0 Å². The highest BCUT2D eigenvalue weighted by Gasteiger charge is 2.17. The van der Waals surface area contributed by atoms with Crippen LogP contribution in [0.4, 0.5) is 0 Å². The van der Waals surface area contributed by atoms with E-state index in [2.05, 4.69) is 0 Å². The number of hydrogen-bond donors (Lipinski definition) is 6. The minimum Gasteiger partial charge on any atom is -0.508 e. The number of phenols is 6. The van der Waals surface area contributed by atoms with Crippen molar-refractivity contribution in [3.8, 4) is 34.5 Å². The SMILES string of the molecule is O=C(CCc1ccc(O)cc1)c1c(O)cc(O)cc1O.Oc1ccccc1O. The van der Waals surface area contributed by atoms with Crippen molar-refractivity contribution >= 4 is 5.78 Å². The van der Waals surface area contributed by atoms with Crippen molar-refractivity contribution in [1.82, 2.24) is 0 Å². The van der Waals surface area contributed by atoms with Gasteiger partial charge in [0.05, 0.1) is 0 Å². The first kappa shape index (κ1) is 20.4. The summed E-state index contributed by atoms with van der Waals surface area (Å²) >= 11 is 0. The van der Waals surface area contributed by atoms with E-state index in [9.17, 15) is 20.1 Å². The molecule has 7 nitrogen and oxygen atoms in total. The van der Waals surface area contributed by atoms with Gasteiger partial charge in [-0.2, -0.15) is 0 Å². The van der Waals surface area contributed by atoms with E-state index >= 15 is 0 Å². The fourth-order valence-corrected chi connectivity index (χ4v) is 2.39. The van der Waals surface area contributed by atoms with E-state index in [-0.39, 0.29) is 35.0 Å². The summed E-state index contributed by atoms with van der Waals surface area (Å²) < 4.78 is 0. The lowest BCUT2D eigenvalue weighted by atomic mass is 10.0. The molecule has 0 saturated carbocycles. The van der Waals surface area contributed by atoms with Crippen LogP contribution in [-0.2, 0) is 6.42 Å². The topological polar surface area (TPSA) is 138 Å². The summed E-state index contributed by atoms with van der Waals surface area (Å²) in [5.74, 6) is -1.63. The molecule has 0 heterocycles. The van der Waals surface area contributed by atoms with Crippen molar-refractivity contribution in [1.29, 1.82) is 0 Å². The average Bonchev–Trinajstić information content (AvgIpc) is 2.63. The van der Waals surface area contributed by atoms with Crippen molar-refractivity contribution < 1.29 is 35.4 Å². The molecular formula is C21H20O7. The predicted molar refractivity (Wildman–Crippen MR) is 102 cm³/mol. The first-order valence-electron chi connectivity index (χ1n) is 8.31. The second kappa shape index (κ2) is 9.18. The van der Waals surface area contributed by atoms with Crippen molar-refractivity contribution in [3.63, 3.8) is 0 Å². The molecule has 28 heavy (non-hydrogen) atoms. The van der Waals surface area contributed by atoms with E-state index in [4.69, 9.17) is 15.3 Å². The number of para-hydroxylation sites is 2. The van der Waals surface area contributed by atoms with Gasteiger partial charge in [-0.25, -0.2) is 0 Å². The van der Waals surface area contributed by atoms with Crippen LogP contribution in [0.2, 0.25) is 0 Å². The van der Waals surface area contributed by atoms with E-state index in [0.717, 1.165) is 17.7 Å². The number of benzene rings is 3. The molecule has 7 heteroatoms. The molecule has 0 aromatic heterocycles. The van der Waals surface area contributed by atoms with Gasteiger partial charge >= 0.3 is 0 Å². The van der Waals surface area contributed by atoms with Gasteiger partial charge in [0.25, 0.3) is 0 Å². The summed E-state index contributed by atoms with van der Waals surface area (Å²) in [7, 11) is 0. The Morgan fingerprint density at radius 2 is 1.14 bits per heavy atom. The summed E-state index contributed by atoms with van der Waals surface area (Å²) in [6, 6.07) is 14.6. The molecule has 6 N–H and O–H groups in total. The number of aryl methyl sites for hydroxylation is 1. The van der Waals surface area contributed by atoms with Gasteiger partial charge in [0, 0.05) is 18.6 Å². The second-order valence-corrected chi connectivity index (χ2v) is 5.94. The molecule has 0 aliphatic heterocycles. The largest absolute Gasteiger partial charge is 0.508 e. The van der Waals surface area contributed by atoms with Gasteiger partial charge in [-0.1, -0.05) is 24.3 Å². The van der Waals surface area contributed by atoms with Gasteiger partial charge in [-0.3, -0.25) is 4.79 Å². The van der Waals surface area contributed by atoms with Crippen LogP contribution >= 0.6 is 0 Å². The summed E-state index contributed by atoms with van der Waals surface area (Å²) in [5, 5.41) is 54.9. The van der Waals surface area contributed by atoms with E-state index in [1.807, 2.05) is 0 Å². The van der Waals surface area contributed by atoms with Crippen molar-refractivity contribution in [3.05, 3.63) is 71.8 Å². The normalized spacial score (nSPS) is 10.0. The number of carbonyl (C=O) groups excluding carboxylic acids is 1. The Morgan fingerprint density at radius 1 is 0.643 bits per heavy atom. The van der Waals surface area contributed by atoms with Gasteiger partial charge in [0.2, 0.25) is 0 Å². The standard InChI is InChI=1S/C15H14O5.C6H6O2/c16-10-4-1-9(2-5-10)3-6-12(18)15-13(19)7-11(17)8-14(15)20;7-5-3-1-2-4-6(5)8/h1-2,4-5,7-8,16-17,19-20H,3,6H2;1-4,7-8H. The number of ketones is 1. The smallest absolute Gasteiger partial charge is 0.170 e. The van der Waals surface area contributed by atoms with Crippen LogP contribution in [0.3, 0.4) is 0 Å². The second-order valence-electron chi connectivity index (χ2n) is 5.94. The van der Waals surface area contributed by atoms with Crippen LogP contribution in [0, 0.1) is 0 Å². The van der Waals surface area contributed by atoms with Crippen molar-refractivity contribution in [2.24, 2.45) is 0 Å². The molecule has 0 fully saturated rings. The maximum Gasteiger partial charge on any atom is 0.170 e. The van der Waals surface area contributed by atoms with E-state index in [0.29, 0.717) is 6.42 Å². The summed E-state index contributed by atoms with van der Waals surface area (Å²) in [4.78, 5) is 12.0. The van der Waals surface area contributed by atoms with Gasteiger partial charge in [0.15, 0.2) is 17.3 Å². The lowest BCUT2D eigenvalue weighted by Gasteiger charge is -2.07. The molecule has 3 aromatic carbocycles. The van der Waals surface area contributed by atoms with Crippen molar-refractivity contribution in [2.75, 3.05) is 0 Å². The van der Waals surface area contributed by atoms with Crippen LogP contribution in [0.1, 0.15) is 22.3 Å². The molecule has 146 valence electrons. The third kappa shape index (κ3) is 5.57. The summed E-state index contributed by atoms with van der Waals surface area (Å²) in [5.41, 5.74) is 0.662. The third-order valence-corrected chi connectivity index (χ3v) is 3.82. The molecule has 0 aliphatic rings. The fraction of sp³-hybridized carbons (Fsp3) is 0.0952. The van der Waals surface area contributed by atoms with E-state index in [1.54, 1.807) is 24.3 Å². The Morgan fingerprint density at radius 3 is 1.61 bits per heavy atom. The highest BCUT2D eigenvalue weighted by atomic mass is 16.3. The minimum absolute atomic E-state index is 0.0764. The first-order chi connectivity index (χ1) is 13.3. The third-order valence-electron chi connectivity index (χ3n) is 3.82. The number of hydrogen-bond acceptors (Lipinski definition) is 7. The van der Waals surface area contributed by atoms with Gasteiger partial charge in [-0.05, 0) is 36.2 Å². The Balaban J connectivity index is 0.000000292. The van der Waals surface area contributed by atoms with Crippen LogP contribution < -0.4 is 0 Å². The van der Waals surface area contributed by atoms with Crippen LogP contribution in [0.5, 0.6) is 34.5 Å². The monoisotopic (exact) mass is 384 g/mol. The highest BCUT2D eigenvalue weighted by molar-refractivity contribution is 6.01. The zero-order valence-corrected chi connectivity index (χ0v) is 14.8. The molecule has 0 spiro atoms. The van der Waals surface area contributed by atoms with Crippen LogP contribution in [0.15, 0.2) is 60.7 Å². The van der Waals surface area contributed by atoms with Crippen LogP contribution in [0.25, 0.3) is 0 Å². The van der Waals surface area contributed by atoms with E-state index in [1.165, 1.54) is 24.3 Å². The first-order valence-corrected chi connectivity index (χ1v) is 8.31. The molecular weight excluding hydrogens is 364 g/mol. The Kier molecular flexibility index (Phi) is 6.70. The molecule has 0 saturated heterocycles. The Labute approximate surface area is 161 Å². The number of carbonyl (C=O) groups is 1. The van der Waals surface area contributed by atoms with Crippen LogP contribution in [-0.4, -0.2) is 36.4 Å². The van der Waals surface area contributed by atoms with Gasteiger partial charge < -0.3 is 30.6 Å². The quantitative estimate of drug-likeness (QED) is 0.299. The number of rotatable bonds is 4. The van der Waals surface area contributed by atoms with E-state index < -0.39 is 17.3 Å². The number of aromatic hydroxyl groups is 6. The average molecular weight is 384 g/mol. The molecule has 0 bridgehead atoms. The predicted octanol–water partition coefficient (Wildman–Crippen LogP) is 3.42. The molecule has 3 rings (SSSR count). The molecule has 3 aromatic rings. The molecule has 0 atom stereocenters. The number of phenolic OH excluding ortho intramolecular Hbond substituents is 6.